The van der Waals surface area contributed by atoms with Gasteiger partial charge >= 0.3 is 0 Å². The van der Waals surface area contributed by atoms with Crippen LogP contribution in [0.2, 0.25) is 0 Å². The van der Waals surface area contributed by atoms with Crippen molar-refractivity contribution in [2.45, 2.75) is 19.4 Å². The molecular formula is C15H14BrF2N. The van der Waals surface area contributed by atoms with Crippen LogP contribution in [0.25, 0.3) is 0 Å². The number of hydrogen-bond donors (Lipinski definition) is 1. The highest BCUT2D eigenvalue weighted by Gasteiger charge is 2.19. The molecule has 19 heavy (non-hydrogen) atoms. The van der Waals surface area contributed by atoms with E-state index in [1.165, 1.54) is 12.1 Å². The lowest BCUT2D eigenvalue weighted by Gasteiger charge is -2.15. The van der Waals surface area contributed by atoms with Crippen molar-refractivity contribution in [2.75, 3.05) is 0 Å². The van der Waals surface area contributed by atoms with Crippen molar-refractivity contribution in [1.29, 1.82) is 0 Å². The first-order valence-electron chi connectivity index (χ1n) is 5.93. The zero-order chi connectivity index (χ0) is 14.0. The number of benzene rings is 2. The second-order valence-corrected chi connectivity index (χ2v) is 5.41. The molecule has 1 nitrogen and oxygen atoms in total. The summed E-state index contributed by atoms with van der Waals surface area (Å²) < 4.78 is 27.8. The quantitative estimate of drug-likeness (QED) is 0.837. The highest BCUT2D eigenvalue weighted by atomic mass is 79.9. The monoisotopic (exact) mass is 325 g/mol. The van der Waals surface area contributed by atoms with Crippen LogP contribution in [-0.2, 0) is 6.42 Å². The van der Waals surface area contributed by atoms with Crippen LogP contribution in [0.5, 0.6) is 0 Å². The molecular weight excluding hydrogens is 312 g/mol. The molecule has 0 radical (unpaired) electrons. The van der Waals surface area contributed by atoms with Gasteiger partial charge in [0.15, 0.2) is 0 Å². The molecule has 0 aliphatic carbocycles. The summed E-state index contributed by atoms with van der Waals surface area (Å²) in [7, 11) is 0. The minimum Gasteiger partial charge on any atom is -0.323 e. The molecule has 0 heterocycles. The molecule has 2 aromatic rings. The third-order valence-corrected chi connectivity index (χ3v) is 3.64. The Morgan fingerprint density at radius 2 is 1.74 bits per heavy atom. The molecule has 4 heteroatoms. The third kappa shape index (κ3) is 3.19. The molecule has 1 unspecified atom stereocenters. The van der Waals surface area contributed by atoms with Crippen molar-refractivity contribution in [2.24, 2.45) is 5.73 Å². The largest absolute Gasteiger partial charge is 0.323 e. The van der Waals surface area contributed by atoms with E-state index in [4.69, 9.17) is 5.73 Å². The highest BCUT2D eigenvalue weighted by molar-refractivity contribution is 9.10. The molecule has 100 valence electrons. The molecule has 0 bridgehead atoms. The number of halogens is 3. The molecule has 1 atom stereocenters. The Morgan fingerprint density at radius 3 is 2.37 bits per heavy atom. The van der Waals surface area contributed by atoms with E-state index in [9.17, 15) is 8.78 Å². The predicted molar refractivity (Wildman–Crippen MR) is 75.9 cm³/mol. The van der Waals surface area contributed by atoms with Crippen LogP contribution in [0.3, 0.4) is 0 Å². The van der Waals surface area contributed by atoms with Crippen LogP contribution in [0.15, 0.2) is 40.9 Å². The molecule has 0 fully saturated rings. The van der Waals surface area contributed by atoms with E-state index in [0.717, 1.165) is 11.1 Å². The molecule has 2 rings (SSSR count). The number of hydrogen-bond acceptors (Lipinski definition) is 1. The third-order valence-electron chi connectivity index (χ3n) is 3.03. The zero-order valence-corrected chi connectivity index (χ0v) is 12.0. The molecule has 0 aromatic heterocycles. The average Bonchev–Trinajstić information content (AvgIpc) is 2.37. The number of aryl methyl sites for hydroxylation is 1. The Kier molecular flexibility index (Phi) is 4.32. The van der Waals surface area contributed by atoms with Gasteiger partial charge in [-0.1, -0.05) is 29.8 Å². The first kappa shape index (κ1) is 14.2. The van der Waals surface area contributed by atoms with Gasteiger partial charge in [0.1, 0.15) is 11.6 Å². The van der Waals surface area contributed by atoms with Crippen LogP contribution in [0, 0.1) is 18.6 Å². The maximum atomic E-state index is 13.9. The normalized spacial score (nSPS) is 12.5. The summed E-state index contributed by atoms with van der Waals surface area (Å²) in [6.45, 7) is 1.98. The van der Waals surface area contributed by atoms with Crippen molar-refractivity contribution in [3.8, 4) is 0 Å². The van der Waals surface area contributed by atoms with Crippen molar-refractivity contribution in [3.05, 3.63) is 69.2 Å². The minimum absolute atomic E-state index is 0.0741. The van der Waals surface area contributed by atoms with E-state index >= 15 is 0 Å². The van der Waals surface area contributed by atoms with Gasteiger partial charge < -0.3 is 5.73 Å². The molecule has 0 spiro atoms. The lowest BCUT2D eigenvalue weighted by molar-refractivity contribution is 0.521. The standard InChI is InChI=1S/C15H14BrF2N/c1-9-2-4-10(5-3-9)8-13(19)14-12(17)7-6-11(16)15(14)18/h2-7,13H,8,19H2,1H3. The van der Waals surface area contributed by atoms with E-state index < -0.39 is 17.7 Å². The maximum Gasteiger partial charge on any atom is 0.145 e. The van der Waals surface area contributed by atoms with Crippen LogP contribution < -0.4 is 5.73 Å². The van der Waals surface area contributed by atoms with E-state index in [1.54, 1.807) is 0 Å². The van der Waals surface area contributed by atoms with Gasteiger partial charge in [-0.25, -0.2) is 8.78 Å². The number of nitrogens with two attached hydrogens (primary N) is 1. The summed E-state index contributed by atoms with van der Waals surface area (Å²) in [4.78, 5) is 0. The lowest BCUT2D eigenvalue weighted by atomic mass is 9.98. The number of rotatable bonds is 3. The second-order valence-electron chi connectivity index (χ2n) is 4.55. The topological polar surface area (TPSA) is 26.0 Å². The summed E-state index contributed by atoms with van der Waals surface area (Å²) in [5.41, 5.74) is 7.95. The molecule has 0 aliphatic rings. The Labute approximate surface area is 119 Å². The smallest absolute Gasteiger partial charge is 0.145 e. The van der Waals surface area contributed by atoms with Crippen molar-refractivity contribution >= 4 is 15.9 Å². The average molecular weight is 326 g/mol. The van der Waals surface area contributed by atoms with Gasteiger partial charge in [-0.2, -0.15) is 0 Å². The van der Waals surface area contributed by atoms with E-state index in [2.05, 4.69) is 15.9 Å². The van der Waals surface area contributed by atoms with Crippen molar-refractivity contribution < 1.29 is 8.78 Å². The highest BCUT2D eigenvalue weighted by Crippen LogP contribution is 2.27. The molecule has 2 N–H and O–H groups in total. The Morgan fingerprint density at radius 1 is 1.11 bits per heavy atom. The van der Waals surface area contributed by atoms with Crippen LogP contribution in [0.1, 0.15) is 22.7 Å². The fourth-order valence-electron chi connectivity index (χ4n) is 1.96. The molecule has 0 saturated carbocycles. The van der Waals surface area contributed by atoms with Gasteiger partial charge in [-0.15, -0.1) is 0 Å². The summed E-state index contributed by atoms with van der Waals surface area (Å²) in [6, 6.07) is 9.60. The minimum atomic E-state index is -0.708. The van der Waals surface area contributed by atoms with E-state index in [-0.39, 0.29) is 10.0 Å². The first-order chi connectivity index (χ1) is 8.99. The molecule has 0 aliphatic heterocycles. The molecule has 0 saturated heterocycles. The first-order valence-corrected chi connectivity index (χ1v) is 6.73. The second kappa shape index (κ2) is 5.80. The van der Waals surface area contributed by atoms with Crippen molar-refractivity contribution in [1.82, 2.24) is 0 Å². The van der Waals surface area contributed by atoms with Crippen LogP contribution >= 0.6 is 15.9 Å². The Bertz CT molecular complexity index is 581. The fourth-order valence-corrected chi connectivity index (χ4v) is 2.31. The van der Waals surface area contributed by atoms with Gasteiger partial charge in [-0.3, -0.25) is 0 Å². The van der Waals surface area contributed by atoms with Crippen molar-refractivity contribution in [3.63, 3.8) is 0 Å². The van der Waals surface area contributed by atoms with Gasteiger partial charge in [-0.05, 0) is 47.0 Å². The van der Waals surface area contributed by atoms with Crippen LogP contribution in [-0.4, -0.2) is 0 Å². The Hall–Kier alpha value is -1.26. The summed E-state index contributed by atoms with van der Waals surface area (Å²) >= 11 is 3.05. The molecule has 2 aromatic carbocycles. The van der Waals surface area contributed by atoms with Gasteiger partial charge in [0, 0.05) is 11.6 Å². The Balaban J connectivity index is 2.27. The summed E-state index contributed by atoms with van der Waals surface area (Å²) in [5.74, 6) is -1.24. The van der Waals surface area contributed by atoms with Gasteiger partial charge in [0.05, 0.1) is 4.47 Å². The molecule has 0 amide bonds. The summed E-state index contributed by atoms with van der Waals surface area (Å²) in [6.07, 6.45) is 0.393. The lowest BCUT2D eigenvalue weighted by Crippen LogP contribution is -2.17. The van der Waals surface area contributed by atoms with E-state index in [0.29, 0.717) is 6.42 Å². The van der Waals surface area contributed by atoms with E-state index in [1.807, 2.05) is 31.2 Å². The summed E-state index contributed by atoms with van der Waals surface area (Å²) in [5, 5.41) is 0. The predicted octanol–water partition coefficient (Wildman–Crippen LogP) is 4.28. The SMILES string of the molecule is Cc1ccc(CC(N)c2c(F)ccc(Br)c2F)cc1. The van der Waals surface area contributed by atoms with Gasteiger partial charge in [0.25, 0.3) is 0 Å². The van der Waals surface area contributed by atoms with Gasteiger partial charge in [0.2, 0.25) is 0 Å². The maximum absolute atomic E-state index is 13.9. The van der Waals surface area contributed by atoms with Crippen LogP contribution in [0.4, 0.5) is 8.78 Å². The fraction of sp³-hybridized carbons (Fsp3) is 0.200. The zero-order valence-electron chi connectivity index (χ0n) is 10.5.